The van der Waals surface area contributed by atoms with Gasteiger partial charge >= 0.3 is 0 Å². The van der Waals surface area contributed by atoms with Crippen molar-refractivity contribution >= 4 is 54.7 Å². The van der Waals surface area contributed by atoms with Crippen LogP contribution in [0.5, 0.6) is 0 Å². The lowest BCUT2D eigenvalue weighted by Crippen LogP contribution is -1.94. The van der Waals surface area contributed by atoms with E-state index < -0.39 is 0 Å². The molecule has 2 heteroatoms. The van der Waals surface area contributed by atoms with Crippen molar-refractivity contribution in [3.8, 4) is 27.9 Å². The van der Waals surface area contributed by atoms with Crippen molar-refractivity contribution in [2.45, 2.75) is 0 Å². The third-order valence-corrected chi connectivity index (χ3v) is 9.14. The monoisotopic (exact) mass is 586 g/mol. The Morgan fingerprint density at radius 2 is 0.891 bits per heavy atom. The SMILES string of the molecule is c1ccc(-n2c3cc(-c4ccc(Nc5ccc(-c6ccc7ccccc7c6)cc5)cc4)ccc3c3ccc4ccccc4c32)cc1. The van der Waals surface area contributed by atoms with Crippen molar-refractivity contribution in [3.63, 3.8) is 0 Å². The molecule has 0 aliphatic carbocycles. The maximum atomic E-state index is 3.58. The molecule has 216 valence electrons. The fourth-order valence-corrected chi connectivity index (χ4v) is 6.83. The molecule has 1 heterocycles. The van der Waals surface area contributed by atoms with Gasteiger partial charge in [-0.25, -0.2) is 0 Å². The lowest BCUT2D eigenvalue weighted by Gasteiger charge is -2.11. The predicted octanol–water partition coefficient (Wildman–Crippen LogP) is 12.2. The molecule has 0 aliphatic rings. The van der Waals surface area contributed by atoms with Crippen LogP contribution < -0.4 is 5.32 Å². The third kappa shape index (κ3) is 4.51. The first-order valence-electron chi connectivity index (χ1n) is 15.8. The van der Waals surface area contributed by atoms with Gasteiger partial charge in [-0.1, -0.05) is 127 Å². The summed E-state index contributed by atoms with van der Waals surface area (Å²) in [5, 5.41) is 11.2. The summed E-state index contributed by atoms with van der Waals surface area (Å²) in [6.07, 6.45) is 0. The van der Waals surface area contributed by atoms with Gasteiger partial charge in [0.2, 0.25) is 0 Å². The molecule has 0 fully saturated rings. The normalized spacial score (nSPS) is 11.5. The topological polar surface area (TPSA) is 17.0 Å². The molecule has 0 radical (unpaired) electrons. The minimum Gasteiger partial charge on any atom is -0.356 e. The summed E-state index contributed by atoms with van der Waals surface area (Å²) in [6.45, 7) is 0. The van der Waals surface area contributed by atoms with E-state index in [-0.39, 0.29) is 0 Å². The average molecular weight is 587 g/mol. The van der Waals surface area contributed by atoms with Crippen molar-refractivity contribution in [3.05, 3.63) is 176 Å². The molecule has 0 amide bonds. The Morgan fingerprint density at radius 1 is 0.348 bits per heavy atom. The molecule has 0 unspecified atom stereocenters. The number of rotatable bonds is 5. The van der Waals surface area contributed by atoms with E-state index in [1.165, 1.54) is 71.3 Å². The van der Waals surface area contributed by atoms with Gasteiger partial charge in [0.25, 0.3) is 0 Å². The van der Waals surface area contributed by atoms with E-state index in [0.29, 0.717) is 0 Å². The van der Waals surface area contributed by atoms with Crippen molar-refractivity contribution in [2.75, 3.05) is 5.32 Å². The van der Waals surface area contributed by atoms with Crippen LogP contribution in [0.4, 0.5) is 11.4 Å². The number of fused-ring (bicyclic) bond motifs is 6. The van der Waals surface area contributed by atoms with Gasteiger partial charge in [0, 0.05) is 33.2 Å². The summed E-state index contributed by atoms with van der Waals surface area (Å²) in [5.41, 5.74) is 10.6. The molecular weight excluding hydrogens is 556 g/mol. The lowest BCUT2D eigenvalue weighted by atomic mass is 10.0. The maximum Gasteiger partial charge on any atom is 0.0619 e. The molecule has 9 aromatic rings. The van der Waals surface area contributed by atoms with E-state index in [4.69, 9.17) is 0 Å². The van der Waals surface area contributed by atoms with Crippen LogP contribution in [-0.2, 0) is 0 Å². The van der Waals surface area contributed by atoms with E-state index in [1.807, 2.05) is 0 Å². The zero-order valence-corrected chi connectivity index (χ0v) is 25.2. The van der Waals surface area contributed by atoms with Crippen LogP contribution in [0.15, 0.2) is 176 Å². The summed E-state index contributed by atoms with van der Waals surface area (Å²) >= 11 is 0. The van der Waals surface area contributed by atoms with Gasteiger partial charge in [-0.05, 0) is 86.9 Å². The fraction of sp³-hybridized carbons (Fsp3) is 0. The van der Waals surface area contributed by atoms with Crippen molar-refractivity contribution in [1.82, 2.24) is 4.57 Å². The minimum atomic E-state index is 1.06. The summed E-state index contributed by atoms with van der Waals surface area (Å²) in [6, 6.07) is 63.3. The molecule has 0 saturated heterocycles. The van der Waals surface area contributed by atoms with Gasteiger partial charge in [0.05, 0.1) is 11.0 Å². The van der Waals surface area contributed by atoms with Crippen LogP contribution in [0.25, 0.3) is 71.3 Å². The Morgan fingerprint density at radius 3 is 1.63 bits per heavy atom. The van der Waals surface area contributed by atoms with Crippen LogP contribution >= 0.6 is 0 Å². The predicted molar refractivity (Wildman–Crippen MR) is 196 cm³/mol. The van der Waals surface area contributed by atoms with E-state index >= 15 is 0 Å². The Hall–Kier alpha value is -6.12. The van der Waals surface area contributed by atoms with Crippen LogP contribution in [0.1, 0.15) is 0 Å². The number of nitrogens with zero attached hydrogens (tertiary/aromatic N) is 1. The van der Waals surface area contributed by atoms with Gasteiger partial charge in [-0.2, -0.15) is 0 Å². The molecule has 8 aromatic carbocycles. The second-order valence-corrected chi connectivity index (χ2v) is 11.9. The Labute approximate surface area is 267 Å². The first-order chi connectivity index (χ1) is 22.8. The van der Waals surface area contributed by atoms with E-state index in [2.05, 4.69) is 186 Å². The number of para-hydroxylation sites is 1. The van der Waals surface area contributed by atoms with E-state index in [9.17, 15) is 0 Å². The summed E-state index contributed by atoms with van der Waals surface area (Å²) < 4.78 is 2.42. The zero-order valence-electron chi connectivity index (χ0n) is 25.2. The third-order valence-electron chi connectivity index (χ3n) is 9.14. The van der Waals surface area contributed by atoms with Gasteiger partial charge in [0.15, 0.2) is 0 Å². The number of benzene rings is 8. The number of anilines is 2. The highest BCUT2D eigenvalue weighted by Crippen LogP contribution is 2.38. The summed E-state index contributed by atoms with van der Waals surface area (Å²) in [7, 11) is 0. The molecule has 0 saturated carbocycles. The van der Waals surface area contributed by atoms with E-state index in [1.54, 1.807) is 0 Å². The largest absolute Gasteiger partial charge is 0.356 e. The second kappa shape index (κ2) is 10.8. The summed E-state index contributed by atoms with van der Waals surface area (Å²) in [4.78, 5) is 0. The molecular formula is C44H30N2. The minimum absolute atomic E-state index is 1.06. The average Bonchev–Trinajstić information content (AvgIpc) is 3.47. The number of hydrogen-bond donors (Lipinski definition) is 1. The summed E-state index contributed by atoms with van der Waals surface area (Å²) in [5.74, 6) is 0. The fourth-order valence-electron chi connectivity index (χ4n) is 6.83. The molecule has 0 aliphatic heterocycles. The van der Waals surface area contributed by atoms with Gasteiger partial charge in [-0.3, -0.25) is 0 Å². The Kier molecular flexibility index (Phi) is 6.17. The zero-order chi connectivity index (χ0) is 30.5. The second-order valence-electron chi connectivity index (χ2n) is 11.9. The number of hydrogen-bond acceptors (Lipinski definition) is 1. The van der Waals surface area contributed by atoms with Crippen LogP contribution in [0.2, 0.25) is 0 Å². The van der Waals surface area contributed by atoms with Crippen LogP contribution in [0.3, 0.4) is 0 Å². The maximum absolute atomic E-state index is 3.58. The van der Waals surface area contributed by atoms with Crippen molar-refractivity contribution < 1.29 is 0 Å². The van der Waals surface area contributed by atoms with E-state index in [0.717, 1.165) is 11.4 Å². The molecule has 1 aromatic heterocycles. The number of nitrogens with one attached hydrogen (secondary N) is 1. The first kappa shape index (κ1) is 26.3. The molecule has 0 bridgehead atoms. The molecule has 46 heavy (non-hydrogen) atoms. The molecule has 1 N–H and O–H groups in total. The smallest absolute Gasteiger partial charge is 0.0619 e. The number of aromatic nitrogens is 1. The molecule has 2 nitrogen and oxygen atoms in total. The quantitative estimate of drug-likeness (QED) is 0.212. The molecule has 0 atom stereocenters. The highest BCUT2D eigenvalue weighted by molar-refractivity contribution is 6.19. The van der Waals surface area contributed by atoms with Crippen molar-refractivity contribution in [1.29, 1.82) is 0 Å². The highest BCUT2D eigenvalue weighted by Gasteiger charge is 2.16. The van der Waals surface area contributed by atoms with Crippen molar-refractivity contribution in [2.24, 2.45) is 0 Å². The first-order valence-corrected chi connectivity index (χ1v) is 15.8. The lowest BCUT2D eigenvalue weighted by molar-refractivity contribution is 1.19. The Balaban J connectivity index is 1.04. The highest BCUT2D eigenvalue weighted by atomic mass is 15.0. The van der Waals surface area contributed by atoms with Crippen LogP contribution in [-0.4, -0.2) is 4.57 Å². The Bertz CT molecular complexity index is 2520. The van der Waals surface area contributed by atoms with Crippen LogP contribution in [0, 0.1) is 0 Å². The molecule has 0 spiro atoms. The van der Waals surface area contributed by atoms with Gasteiger partial charge in [0.1, 0.15) is 0 Å². The van der Waals surface area contributed by atoms with Gasteiger partial charge < -0.3 is 9.88 Å². The van der Waals surface area contributed by atoms with Gasteiger partial charge in [-0.15, -0.1) is 0 Å². The molecule has 9 rings (SSSR count). The standard InChI is InChI=1S/C44H30N2/c1-2-11-39(12-3-1)46-43-29-36(21-26-41(43)42-27-20-33-9-6-7-13-40(33)44(42)46)32-18-24-38(25-19-32)45-37-22-16-31(17-23-37)35-15-14-30-8-4-5-10-34(30)28-35/h1-29,45H.